The highest BCUT2D eigenvalue weighted by molar-refractivity contribution is 7.10. The molecular weight excluding hydrogens is 368 g/mol. The van der Waals surface area contributed by atoms with Gasteiger partial charge >= 0.3 is 0 Å². The van der Waals surface area contributed by atoms with Crippen molar-refractivity contribution in [3.8, 4) is 0 Å². The lowest BCUT2D eigenvalue weighted by Crippen LogP contribution is -2.12. The number of methoxy groups -OCH3 is 1. The van der Waals surface area contributed by atoms with Crippen molar-refractivity contribution in [2.75, 3.05) is 7.11 Å². The summed E-state index contributed by atoms with van der Waals surface area (Å²) in [6.07, 6.45) is -0.123. The van der Waals surface area contributed by atoms with Crippen molar-refractivity contribution in [1.29, 1.82) is 0 Å². The average molecular weight is 388 g/mol. The molecule has 6 heteroatoms. The van der Waals surface area contributed by atoms with Gasteiger partial charge in [0.1, 0.15) is 11.6 Å². The molecule has 5 nitrogen and oxygen atoms in total. The number of para-hydroxylation sites is 2. The largest absolute Gasteiger partial charge is 0.370 e. The van der Waals surface area contributed by atoms with Crippen LogP contribution < -0.4 is 0 Å². The van der Waals surface area contributed by atoms with Crippen molar-refractivity contribution < 1.29 is 4.74 Å². The fourth-order valence-electron chi connectivity index (χ4n) is 3.98. The molecule has 0 aliphatic heterocycles. The summed E-state index contributed by atoms with van der Waals surface area (Å²) >= 11 is 1.72. The molecule has 0 bridgehead atoms. The van der Waals surface area contributed by atoms with Crippen molar-refractivity contribution >= 4 is 33.3 Å². The van der Waals surface area contributed by atoms with Gasteiger partial charge in [-0.1, -0.05) is 41.6 Å². The fourth-order valence-corrected chi connectivity index (χ4v) is 4.78. The normalized spacial score (nSPS) is 12.8. The number of fused-ring (bicyclic) bond motifs is 2. The molecule has 5 rings (SSSR count). The number of hydrogen-bond acceptors (Lipinski definition) is 4. The van der Waals surface area contributed by atoms with Gasteiger partial charge in [-0.15, -0.1) is 16.4 Å². The van der Waals surface area contributed by atoms with E-state index in [1.165, 1.54) is 21.3 Å². The maximum absolute atomic E-state index is 5.98. The van der Waals surface area contributed by atoms with Crippen LogP contribution in [0, 0.1) is 0 Å². The van der Waals surface area contributed by atoms with E-state index in [1.807, 2.05) is 22.9 Å². The minimum Gasteiger partial charge on any atom is -0.370 e. The molecule has 0 saturated heterocycles. The highest BCUT2D eigenvalue weighted by Gasteiger charge is 2.25. The zero-order valence-corrected chi connectivity index (χ0v) is 16.6. The topological polar surface area (TPSA) is 44.9 Å². The van der Waals surface area contributed by atoms with Gasteiger partial charge in [-0.05, 0) is 29.6 Å². The van der Waals surface area contributed by atoms with E-state index in [1.54, 1.807) is 18.4 Å². The van der Waals surface area contributed by atoms with Gasteiger partial charge in [0, 0.05) is 35.5 Å². The van der Waals surface area contributed by atoms with Gasteiger partial charge in [-0.3, -0.25) is 0 Å². The lowest BCUT2D eigenvalue weighted by atomic mass is 10.1. The first kappa shape index (κ1) is 17.2. The Bertz CT molecular complexity index is 1250. The van der Waals surface area contributed by atoms with Gasteiger partial charge in [0.25, 0.3) is 0 Å². The van der Waals surface area contributed by atoms with Crippen LogP contribution in [0.1, 0.15) is 22.2 Å². The minimum absolute atomic E-state index is 0.123. The molecule has 140 valence electrons. The standard InChI is InChI=1S/C22H20N4OS/c1-25-18-10-5-3-8-15(18)16(21(25)22(27-2)20-12-7-13-28-20)14-26-19-11-6-4-9-17(19)23-24-26/h3-13,22H,14H2,1-2H3. The Kier molecular flexibility index (Phi) is 4.22. The van der Waals surface area contributed by atoms with E-state index in [2.05, 4.69) is 69.8 Å². The number of rotatable bonds is 5. The summed E-state index contributed by atoms with van der Waals surface area (Å²) in [5.41, 5.74) is 5.51. The Morgan fingerprint density at radius 2 is 1.79 bits per heavy atom. The number of hydrogen-bond donors (Lipinski definition) is 0. The second-order valence-corrected chi connectivity index (χ2v) is 7.79. The number of nitrogens with zero attached hydrogens (tertiary/aromatic N) is 4. The third kappa shape index (κ3) is 2.65. The third-order valence-electron chi connectivity index (χ3n) is 5.27. The average Bonchev–Trinajstić information content (AvgIpc) is 3.45. The van der Waals surface area contributed by atoms with Crippen LogP contribution >= 0.6 is 11.3 Å². The number of thiophene rings is 1. The summed E-state index contributed by atoms with van der Waals surface area (Å²) in [6, 6.07) is 20.8. The van der Waals surface area contributed by atoms with Gasteiger partial charge in [0.05, 0.1) is 17.8 Å². The number of ether oxygens (including phenoxy) is 1. The smallest absolute Gasteiger partial charge is 0.132 e. The SMILES string of the molecule is COC(c1cccs1)c1c(Cn2nnc3ccccc32)c2ccccc2n1C. The molecule has 1 unspecified atom stereocenters. The second-order valence-electron chi connectivity index (χ2n) is 6.81. The molecule has 0 N–H and O–H groups in total. The molecule has 0 aliphatic carbocycles. The molecule has 3 aromatic heterocycles. The first-order valence-electron chi connectivity index (χ1n) is 9.18. The quantitative estimate of drug-likeness (QED) is 0.436. The van der Waals surface area contributed by atoms with E-state index in [0.29, 0.717) is 6.54 Å². The van der Waals surface area contributed by atoms with E-state index >= 15 is 0 Å². The van der Waals surface area contributed by atoms with Crippen LogP contribution in [0.2, 0.25) is 0 Å². The summed E-state index contributed by atoms with van der Waals surface area (Å²) in [5.74, 6) is 0. The predicted octanol–water partition coefficient (Wildman–Crippen LogP) is 4.77. The first-order chi connectivity index (χ1) is 13.8. The van der Waals surface area contributed by atoms with Gasteiger partial charge in [0.2, 0.25) is 0 Å². The number of benzene rings is 2. The minimum atomic E-state index is -0.123. The van der Waals surface area contributed by atoms with Crippen molar-refractivity contribution in [3.05, 3.63) is 82.2 Å². The highest BCUT2D eigenvalue weighted by atomic mass is 32.1. The van der Waals surface area contributed by atoms with E-state index < -0.39 is 0 Å². The van der Waals surface area contributed by atoms with E-state index in [-0.39, 0.29) is 6.10 Å². The van der Waals surface area contributed by atoms with Crippen LogP contribution in [0.15, 0.2) is 66.0 Å². The maximum Gasteiger partial charge on any atom is 0.132 e. The molecule has 28 heavy (non-hydrogen) atoms. The molecule has 0 amide bonds. The van der Waals surface area contributed by atoms with Crippen LogP contribution in [-0.2, 0) is 18.3 Å². The van der Waals surface area contributed by atoms with Gasteiger partial charge in [-0.2, -0.15) is 0 Å². The monoisotopic (exact) mass is 388 g/mol. The Morgan fingerprint density at radius 3 is 2.57 bits per heavy atom. The lowest BCUT2D eigenvalue weighted by molar-refractivity contribution is 0.132. The maximum atomic E-state index is 5.98. The zero-order chi connectivity index (χ0) is 19.1. The molecule has 2 aromatic carbocycles. The Hall–Kier alpha value is -2.96. The van der Waals surface area contributed by atoms with E-state index in [4.69, 9.17) is 4.74 Å². The summed E-state index contributed by atoms with van der Waals surface area (Å²) in [5, 5.41) is 12.1. The predicted molar refractivity (Wildman–Crippen MR) is 113 cm³/mol. The molecule has 3 heterocycles. The Labute approximate surface area is 166 Å². The van der Waals surface area contributed by atoms with Crippen molar-refractivity contribution in [1.82, 2.24) is 19.6 Å². The highest BCUT2D eigenvalue weighted by Crippen LogP contribution is 2.37. The Balaban J connectivity index is 1.73. The summed E-state index contributed by atoms with van der Waals surface area (Å²) in [7, 11) is 3.89. The second kappa shape index (κ2) is 6.89. The van der Waals surface area contributed by atoms with E-state index in [9.17, 15) is 0 Å². The fraction of sp³-hybridized carbons (Fsp3) is 0.182. The molecule has 0 aliphatic rings. The first-order valence-corrected chi connectivity index (χ1v) is 10.1. The Morgan fingerprint density at radius 1 is 1.00 bits per heavy atom. The third-order valence-corrected chi connectivity index (χ3v) is 6.19. The van der Waals surface area contributed by atoms with Crippen LogP contribution in [0.25, 0.3) is 21.9 Å². The molecule has 0 spiro atoms. The zero-order valence-electron chi connectivity index (χ0n) is 15.7. The van der Waals surface area contributed by atoms with Crippen LogP contribution in [0.5, 0.6) is 0 Å². The summed E-state index contributed by atoms with van der Waals surface area (Å²) in [6.45, 7) is 0.641. The lowest BCUT2D eigenvalue weighted by Gasteiger charge is -2.18. The molecule has 0 fully saturated rings. The molecule has 5 aromatic rings. The number of aryl methyl sites for hydroxylation is 1. The number of aromatic nitrogens is 4. The van der Waals surface area contributed by atoms with Crippen LogP contribution in [0.4, 0.5) is 0 Å². The van der Waals surface area contributed by atoms with Crippen LogP contribution in [-0.4, -0.2) is 26.7 Å². The van der Waals surface area contributed by atoms with Crippen molar-refractivity contribution in [2.24, 2.45) is 7.05 Å². The van der Waals surface area contributed by atoms with Gasteiger partial charge < -0.3 is 9.30 Å². The molecule has 1 atom stereocenters. The molecule has 0 saturated carbocycles. The molecular formula is C22H20N4OS. The van der Waals surface area contributed by atoms with E-state index in [0.717, 1.165) is 16.7 Å². The van der Waals surface area contributed by atoms with Gasteiger partial charge in [0.15, 0.2) is 0 Å². The molecule has 0 radical (unpaired) electrons. The van der Waals surface area contributed by atoms with Crippen molar-refractivity contribution in [3.63, 3.8) is 0 Å². The van der Waals surface area contributed by atoms with Crippen molar-refractivity contribution in [2.45, 2.75) is 12.6 Å². The van der Waals surface area contributed by atoms with Crippen LogP contribution in [0.3, 0.4) is 0 Å². The summed E-state index contributed by atoms with van der Waals surface area (Å²) in [4.78, 5) is 1.19. The summed E-state index contributed by atoms with van der Waals surface area (Å²) < 4.78 is 10.2. The van der Waals surface area contributed by atoms with Gasteiger partial charge in [-0.25, -0.2) is 4.68 Å².